The Hall–Kier alpha value is -1.72. The van der Waals surface area contributed by atoms with Gasteiger partial charge < -0.3 is 10.4 Å². The van der Waals surface area contributed by atoms with Gasteiger partial charge in [-0.25, -0.2) is 0 Å². The third-order valence-electron chi connectivity index (χ3n) is 3.61. The Labute approximate surface area is 108 Å². The monoisotopic (exact) mass is 273 g/mol. The van der Waals surface area contributed by atoms with Gasteiger partial charge in [0, 0.05) is 12.2 Å². The summed E-state index contributed by atoms with van der Waals surface area (Å²) >= 11 is 0. The van der Waals surface area contributed by atoms with Gasteiger partial charge in [0.2, 0.25) is 0 Å². The van der Waals surface area contributed by atoms with E-state index in [1.807, 2.05) is 0 Å². The van der Waals surface area contributed by atoms with Gasteiger partial charge in [0.25, 0.3) is 0 Å². The number of halogens is 3. The minimum Gasteiger partial charge on any atom is -0.481 e. The van der Waals surface area contributed by atoms with Crippen LogP contribution < -0.4 is 5.32 Å². The van der Waals surface area contributed by atoms with Crippen LogP contribution in [0.4, 0.5) is 18.9 Å². The highest BCUT2D eigenvalue weighted by Crippen LogP contribution is 2.42. The zero-order valence-corrected chi connectivity index (χ0v) is 10.1. The van der Waals surface area contributed by atoms with Gasteiger partial charge in [-0.15, -0.1) is 0 Å². The molecule has 3 nitrogen and oxygen atoms in total. The van der Waals surface area contributed by atoms with Crippen LogP contribution in [-0.2, 0) is 11.0 Å². The number of hydrogen-bond acceptors (Lipinski definition) is 2. The van der Waals surface area contributed by atoms with Crippen LogP contribution in [-0.4, -0.2) is 17.6 Å². The third kappa shape index (κ3) is 2.67. The molecule has 19 heavy (non-hydrogen) atoms. The summed E-state index contributed by atoms with van der Waals surface area (Å²) in [6, 6.07) is 5.10. The standard InChI is InChI=1S/C13H14F3NO2/c14-13(15,16)9-4-1-2-5-10(9)17-8-12(11(18)19)6-3-7-12/h1-2,4-5,17H,3,6-8H2,(H,18,19). The van der Waals surface area contributed by atoms with Crippen molar-refractivity contribution in [2.24, 2.45) is 5.41 Å². The van der Waals surface area contributed by atoms with E-state index in [0.29, 0.717) is 12.8 Å². The lowest BCUT2D eigenvalue weighted by molar-refractivity contribution is -0.153. The first kappa shape index (κ1) is 13.7. The van der Waals surface area contributed by atoms with Crippen LogP contribution in [0.3, 0.4) is 0 Å². The van der Waals surface area contributed by atoms with E-state index in [-0.39, 0.29) is 12.2 Å². The van der Waals surface area contributed by atoms with Crippen molar-refractivity contribution in [2.75, 3.05) is 11.9 Å². The quantitative estimate of drug-likeness (QED) is 0.884. The van der Waals surface area contributed by atoms with E-state index in [9.17, 15) is 18.0 Å². The number of rotatable bonds is 4. The zero-order valence-electron chi connectivity index (χ0n) is 10.1. The third-order valence-corrected chi connectivity index (χ3v) is 3.61. The Morgan fingerprint density at radius 3 is 2.42 bits per heavy atom. The number of carbonyl (C=O) groups is 1. The van der Waals surface area contributed by atoms with Crippen molar-refractivity contribution < 1.29 is 23.1 Å². The van der Waals surface area contributed by atoms with E-state index in [4.69, 9.17) is 5.11 Å². The van der Waals surface area contributed by atoms with Crippen LogP contribution in [0.1, 0.15) is 24.8 Å². The minimum absolute atomic E-state index is 0.0232. The number of para-hydroxylation sites is 1. The van der Waals surface area contributed by atoms with Gasteiger partial charge in [-0.1, -0.05) is 18.6 Å². The Balaban J connectivity index is 2.14. The fourth-order valence-electron chi connectivity index (χ4n) is 2.22. The minimum atomic E-state index is -4.44. The molecule has 1 aliphatic rings. The van der Waals surface area contributed by atoms with Gasteiger partial charge in [-0.05, 0) is 25.0 Å². The lowest BCUT2D eigenvalue weighted by atomic mass is 9.69. The average molecular weight is 273 g/mol. The van der Waals surface area contributed by atoms with E-state index in [1.54, 1.807) is 0 Å². The molecule has 1 aliphatic carbocycles. The summed E-state index contributed by atoms with van der Waals surface area (Å²) in [7, 11) is 0. The molecule has 0 aromatic heterocycles. The van der Waals surface area contributed by atoms with Crippen LogP contribution in [0.15, 0.2) is 24.3 Å². The molecule has 0 bridgehead atoms. The molecule has 0 radical (unpaired) electrons. The van der Waals surface area contributed by atoms with Crippen LogP contribution in [0, 0.1) is 5.41 Å². The van der Waals surface area contributed by atoms with E-state index in [2.05, 4.69) is 5.32 Å². The molecule has 104 valence electrons. The van der Waals surface area contributed by atoms with Crippen molar-refractivity contribution in [3.63, 3.8) is 0 Å². The zero-order chi connectivity index (χ0) is 14.1. The van der Waals surface area contributed by atoms with Gasteiger partial charge in [-0.2, -0.15) is 13.2 Å². The van der Waals surface area contributed by atoms with Crippen molar-refractivity contribution in [2.45, 2.75) is 25.4 Å². The fraction of sp³-hybridized carbons (Fsp3) is 0.462. The molecule has 1 aromatic rings. The molecule has 0 heterocycles. The molecular weight excluding hydrogens is 259 g/mol. The normalized spacial score (nSPS) is 17.6. The summed E-state index contributed by atoms with van der Waals surface area (Å²) < 4.78 is 38.3. The van der Waals surface area contributed by atoms with Crippen molar-refractivity contribution in [1.82, 2.24) is 0 Å². The van der Waals surface area contributed by atoms with Crippen molar-refractivity contribution in [1.29, 1.82) is 0 Å². The molecule has 0 spiro atoms. The van der Waals surface area contributed by atoms with Crippen LogP contribution in [0.2, 0.25) is 0 Å². The Morgan fingerprint density at radius 2 is 1.95 bits per heavy atom. The number of aliphatic carboxylic acids is 1. The predicted molar refractivity (Wildman–Crippen MR) is 63.9 cm³/mol. The molecule has 0 aliphatic heterocycles. The lowest BCUT2D eigenvalue weighted by Gasteiger charge is -2.38. The molecule has 0 amide bonds. The Morgan fingerprint density at radius 1 is 1.32 bits per heavy atom. The second-order valence-electron chi connectivity index (χ2n) is 4.84. The number of anilines is 1. The number of carboxylic acid groups (broad SMARTS) is 1. The number of alkyl halides is 3. The van der Waals surface area contributed by atoms with Crippen molar-refractivity contribution >= 4 is 11.7 Å². The summed E-state index contributed by atoms with van der Waals surface area (Å²) in [5.74, 6) is -0.948. The summed E-state index contributed by atoms with van der Waals surface area (Å²) in [6.45, 7) is 0.0232. The average Bonchev–Trinajstić information content (AvgIpc) is 2.26. The predicted octanol–water partition coefficient (Wildman–Crippen LogP) is 3.37. The molecular formula is C13H14F3NO2. The second-order valence-corrected chi connectivity index (χ2v) is 4.84. The molecule has 6 heteroatoms. The Bertz CT molecular complexity index is 481. The van der Waals surface area contributed by atoms with Gasteiger partial charge in [0.05, 0.1) is 11.0 Å². The van der Waals surface area contributed by atoms with Gasteiger partial charge >= 0.3 is 12.1 Å². The van der Waals surface area contributed by atoms with Crippen LogP contribution in [0.25, 0.3) is 0 Å². The number of carboxylic acids is 1. The second kappa shape index (κ2) is 4.75. The highest BCUT2D eigenvalue weighted by atomic mass is 19.4. The molecule has 0 unspecified atom stereocenters. The van der Waals surface area contributed by atoms with Gasteiger partial charge in [0.1, 0.15) is 0 Å². The lowest BCUT2D eigenvalue weighted by Crippen LogP contribution is -2.43. The van der Waals surface area contributed by atoms with E-state index < -0.39 is 23.1 Å². The van der Waals surface area contributed by atoms with Crippen molar-refractivity contribution in [3.8, 4) is 0 Å². The summed E-state index contributed by atoms with van der Waals surface area (Å²) in [6.07, 6.45) is -2.64. The number of nitrogens with one attached hydrogen (secondary N) is 1. The summed E-state index contributed by atoms with van der Waals surface area (Å²) in [4.78, 5) is 11.1. The van der Waals surface area contributed by atoms with Crippen LogP contribution >= 0.6 is 0 Å². The first-order chi connectivity index (χ1) is 8.85. The van der Waals surface area contributed by atoms with Crippen LogP contribution in [0.5, 0.6) is 0 Å². The maximum absolute atomic E-state index is 12.8. The maximum Gasteiger partial charge on any atom is 0.418 e. The number of benzene rings is 1. The number of hydrogen-bond donors (Lipinski definition) is 2. The highest BCUT2D eigenvalue weighted by molar-refractivity contribution is 5.76. The largest absolute Gasteiger partial charge is 0.481 e. The van der Waals surface area contributed by atoms with E-state index in [1.165, 1.54) is 18.2 Å². The van der Waals surface area contributed by atoms with Crippen molar-refractivity contribution in [3.05, 3.63) is 29.8 Å². The first-order valence-electron chi connectivity index (χ1n) is 5.99. The van der Waals surface area contributed by atoms with Gasteiger partial charge in [0.15, 0.2) is 0 Å². The highest BCUT2D eigenvalue weighted by Gasteiger charge is 2.44. The van der Waals surface area contributed by atoms with E-state index in [0.717, 1.165) is 12.5 Å². The molecule has 0 saturated heterocycles. The molecule has 0 atom stereocenters. The van der Waals surface area contributed by atoms with Gasteiger partial charge in [-0.3, -0.25) is 4.79 Å². The molecule has 2 rings (SSSR count). The molecule has 1 aromatic carbocycles. The molecule has 2 N–H and O–H groups in total. The Kier molecular flexibility index (Phi) is 3.43. The smallest absolute Gasteiger partial charge is 0.418 e. The topological polar surface area (TPSA) is 49.3 Å². The summed E-state index contributed by atoms with van der Waals surface area (Å²) in [5.41, 5.74) is -1.75. The SMILES string of the molecule is O=C(O)C1(CNc2ccccc2C(F)(F)F)CCC1. The maximum atomic E-state index is 12.8. The first-order valence-corrected chi connectivity index (χ1v) is 5.99. The van der Waals surface area contributed by atoms with E-state index >= 15 is 0 Å². The summed E-state index contributed by atoms with van der Waals surface area (Å²) in [5, 5.41) is 11.8. The molecule has 1 fully saturated rings. The fourth-order valence-corrected chi connectivity index (χ4v) is 2.22. The molecule has 1 saturated carbocycles.